The van der Waals surface area contributed by atoms with Crippen molar-refractivity contribution in [3.63, 3.8) is 0 Å². The molecule has 0 aliphatic heterocycles. The Morgan fingerprint density at radius 1 is 1.06 bits per heavy atom. The number of aryl methyl sites for hydroxylation is 2. The largest absolute Gasteiger partial charge is 0.497 e. The molecule has 0 saturated heterocycles. The van der Waals surface area contributed by atoms with Gasteiger partial charge in [-0.3, -0.25) is 4.79 Å². The lowest BCUT2D eigenvalue weighted by molar-refractivity contribution is 0.0987. The number of carbonyl (C=O) groups excluding carboxylic acids is 1. The first-order valence-corrected chi connectivity index (χ1v) is 10.4. The Morgan fingerprint density at radius 3 is 2.55 bits per heavy atom. The highest BCUT2D eigenvalue weighted by Crippen LogP contribution is 2.32. The molecule has 3 aromatic carbocycles. The average molecular weight is 434 g/mol. The zero-order chi connectivity index (χ0) is 22.0. The molecule has 4 aromatic rings. The minimum atomic E-state index is -0.333. The minimum absolute atomic E-state index is 0.299. The van der Waals surface area contributed by atoms with Gasteiger partial charge in [0.1, 0.15) is 11.6 Å². The summed E-state index contributed by atoms with van der Waals surface area (Å²) in [5, 5.41) is 6.13. The molecule has 1 heterocycles. The molecule has 0 aliphatic rings. The van der Waals surface area contributed by atoms with Crippen LogP contribution in [0, 0.1) is 19.7 Å². The zero-order valence-electron chi connectivity index (χ0n) is 17.3. The highest BCUT2D eigenvalue weighted by Gasteiger charge is 2.21. The van der Waals surface area contributed by atoms with Gasteiger partial charge < -0.3 is 4.74 Å². The number of hydrazone groups is 1. The summed E-state index contributed by atoms with van der Waals surface area (Å²) in [4.78, 5) is 18.0. The number of anilines is 1. The van der Waals surface area contributed by atoms with Crippen molar-refractivity contribution >= 4 is 38.8 Å². The van der Waals surface area contributed by atoms with Crippen LogP contribution in [-0.2, 0) is 0 Å². The molecule has 0 atom stereocenters. The van der Waals surface area contributed by atoms with Crippen molar-refractivity contribution in [3.05, 3.63) is 88.7 Å². The van der Waals surface area contributed by atoms with E-state index in [9.17, 15) is 9.18 Å². The molecule has 31 heavy (non-hydrogen) atoms. The van der Waals surface area contributed by atoms with Crippen LogP contribution in [0.5, 0.6) is 5.75 Å². The molecule has 0 radical (unpaired) electrons. The number of aromatic nitrogens is 1. The quantitative estimate of drug-likeness (QED) is 0.298. The number of nitrogens with zero attached hydrogens (tertiary/aromatic N) is 3. The fourth-order valence-electron chi connectivity index (χ4n) is 2.97. The first kappa shape index (κ1) is 20.7. The van der Waals surface area contributed by atoms with E-state index in [0.29, 0.717) is 22.0 Å². The highest BCUT2D eigenvalue weighted by atomic mass is 32.1. The molecule has 1 aromatic heterocycles. The third kappa shape index (κ3) is 4.46. The number of carbonyl (C=O) groups is 1. The second kappa shape index (κ2) is 8.65. The maximum Gasteiger partial charge on any atom is 0.280 e. The summed E-state index contributed by atoms with van der Waals surface area (Å²) in [6, 6.07) is 17.0. The van der Waals surface area contributed by atoms with Gasteiger partial charge in [-0.1, -0.05) is 29.5 Å². The molecule has 156 valence electrons. The van der Waals surface area contributed by atoms with E-state index in [0.717, 1.165) is 21.3 Å². The van der Waals surface area contributed by atoms with Crippen molar-refractivity contribution in [2.24, 2.45) is 5.10 Å². The van der Waals surface area contributed by atoms with Crippen LogP contribution in [0.4, 0.5) is 9.52 Å². The lowest BCUT2D eigenvalue weighted by Crippen LogP contribution is -2.25. The van der Waals surface area contributed by atoms with Gasteiger partial charge in [0.25, 0.3) is 5.91 Å². The number of ether oxygens (including phenoxy) is 1. The summed E-state index contributed by atoms with van der Waals surface area (Å²) in [5.41, 5.74) is 4.04. The molecule has 0 fully saturated rings. The second-order valence-corrected chi connectivity index (χ2v) is 8.05. The van der Waals surface area contributed by atoms with Gasteiger partial charge in [0.15, 0.2) is 0 Å². The Morgan fingerprint density at radius 2 is 1.84 bits per heavy atom. The van der Waals surface area contributed by atoms with E-state index in [1.54, 1.807) is 25.3 Å². The first-order valence-electron chi connectivity index (χ1n) is 9.60. The van der Waals surface area contributed by atoms with E-state index < -0.39 is 0 Å². The third-order valence-electron chi connectivity index (χ3n) is 4.90. The van der Waals surface area contributed by atoms with Gasteiger partial charge in [0, 0.05) is 5.56 Å². The maximum atomic E-state index is 13.4. The van der Waals surface area contributed by atoms with E-state index in [4.69, 9.17) is 4.74 Å². The molecule has 0 bridgehead atoms. The zero-order valence-corrected chi connectivity index (χ0v) is 18.1. The summed E-state index contributed by atoms with van der Waals surface area (Å²) < 4.78 is 19.4. The second-order valence-electron chi connectivity index (χ2n) is 7.04. The van der Waals surface area contributed by atoms with Gasteiger partial charge in [-0.05, 0) is 73.0 Å². The number of benzene rings is 3. The van der Waals surface area contributed by atoms with Crippen LogP contribution < -0.4 is 9.75 Å². The SMILES string of the molecule is COc1ccc2nc(N(/N=C/c3ccc(F)cc3)C(=O)c3ccc(C)c(C)c3)sc2c1. The molecule has 5 nitrogen and oxygen atoms in total. The van der Waals surface area contributed by atoms with E-state index in [1.165, 1.54) is 34.7 Å². The van der Waals surface area contributed by atoms with Gasteiger partial charge in [0.2, 0.25) is 5.13 Å². The van der Waals surface area contributed by atoms with Gasteiger partial charge >= 0.3 is 0 Å². The molecule has 4 rings (SSSR count). The third-order valence-corrected chi connectivity index (χ3v) is 5.90. The van der Waals surface area contributed by atoms with Crippen molar-refractivity contribution in [3.8, 4) is 5.75 Å². The number of hydrogen-bond donors (Lipinski definition) is 0. The minimum Gasteiger partial charge on any atom is -0.497 e. The lowest BCUT2D eigenvalue weighted by atomic mass is 10.1. The smallest absolute Gasteiger partial charge is 0.280 e. The van der Waals surface area contributed by atoms with Crippen molar-refractivity contribution in [1.29, 1.82) is 0 Å². The topological polar surface area (TPSA) is 54.8 Å². The van der Waals surface area contributed by atoms with Crippen LogP contribution in [-0.4, -0.2) is 24.2 Å². The number of methoxy groups -OCH3 is 1. The maximum absolute atomic E-state index is 13.4. The summed E-state index contributed by atoms with van der Waals surface area (Å²) in [6.07, 6.45) is 1.52. The normalized spacial score (nSPS) is 11.2. The summed E-state index contributed by atoms with van der Waals surface area (Å²) in [6.45, 7) is 3.96. The summed E-state index contributed by atoms with van der Waals surface area (Å²) >= 11 is 1.34. The Balaban J connectivity index is 1.76. The van der Waals surface area contributed by atoms with Crippen LogP contribution in [0.3, 0.4) is 0 Å². The molecule has 0 unspecified atom stereocenters. The van der Waals surface area contributed by atoms with Gasteiger partial charge in [-0.25, -0.2) is 9.37 Å². The van der Waals surface area contributed by atoms with Crippen molar-refractivity contribution in [1.82, 2.24) is 4.98 Å². The Bertz CT molecular complexity index is 1280. The fourth-order valence-corrected chi connectivity index (χ4v) is 3.92. The average Bonchev–Trinajstić information content (AvgIpc) is 3.19. The molecular weight excluding hydrogens is 413 g/mol. The summed E-state index contributed by atoms with van der Waals surface area (Å²) in [7, 11) is 1.60. The van der Waals surface area contributed by atoms with E-state index >= 15 is 0 Å². The predicted molar refractivity (Wildman–Crippen MR) is 123 cm³/mol. The molecule has 0 saturated carbocycles. The van der Waals surface area contributed by atoms with E-state index in [1.807, 2.05) is 44.2 Å². The van der Waals surface area contributed by atoms with Crippen LogP contribution in [0.15, 0.2) is 65.8 Å². The Labute approximate surface area is 183 Å². The summed E-state index contributed by atoms with van der Waals surface area (Å²) in [5.74, 6) is 0.0809. The molecule has 7 heteroatoms. The van der Waals surface area contributed by atoms with Gasteiger partial charge in [0.05, 0.1) is 23.5 Å². The Hall–Kier alpha value is -3.58. The predicted octanol–water partition coefficient (Wildman–Crippen LogP) is 5.74. The lowest BCUT2D eigenvalue weighted by Gasteiger charge is -2.14. The van der Waals surface area contributed by atoms with Crippen LogP contribution >= 0.6 is 11.3 Å². The first-order chi connectivity index (χ1) is 14.9. The monoisotopic (exact) mass is 433 g/mol. The standard InChI is InChI=1S/C24H20FN3O2S/c1-15-4-7-18(12-16(15)2)23(29)28(26-14-17-5-8-19(25)9-6-17)24-27-21-11-10-20(30-3)13-22(21)31-24/h4-14H,1-3H3/b26-14+. The van der Waals surface area contributed by atoms with Crippen LogP contribution in [0.1, 0.15) is 27.0 Å². The van der Waals surface area contributed by atoms with Gasteiger partial charge in [-0.2, -0.15) is 10.1 Å². The van der Waals surface area contributed by atoms with Crippen molar-refractivity contribution < 1.29 is 13.9 Å². The highest BCUT2D eigenvalue weighted by molar-refractivity contribution is 7.22. The molecule has 0 spiro atoms. The number of halogens is 1. The number of amides is 1. The molecule has 0 aliphatic carbocycles. The van der Waals surface area contributed by atoms with Crippen molar-refractivity contribution in [2.45, 2.75) is 13.8 Å². The van der Waals surface area contributed by atoms with E-state index in [-0.39, 0.29) is 11.7 Å². The van der Waals surface area contributed by atoms with Gasteiger partial charge in [-0.15, -0.1) is 0 Å². The molecular formula is C24H20FN3O2S. The molecule has 0 N–H and O–H groups in total. The van der Waals surface area contributed by atoms with E-state index in [2.05, 4.69) is 10.1 Å². The number of hydrogen-bond acceptors (Lipinski definition) is 5. The number of thiazole rings is 1. The number of rotatable bonds is 5. The van der Waals surface area contributed by atoms with Crippen molar-refractivity contribution in [2.75, 3.05) is 12.1 Å². The fraction of sp³-hybridized carbons (Fsp3) is 0.125. The number of fused-ring (bicyclic) bond motifs is 1. The van der Waals surface area contributed by atoms with Crippen LogP contribution in [0.25, 0.3) is 10.2 Å². The van der Waals surface area contributed by atoms with Crippen LogP contribution in [0.2, 0.25) is 0 Å². The Kier molecular flexibility index (Phi) is 5.77. The molecule has 1 amide bonds.